The number of benzene rings is 2. The van der Waals surface area contributed by atoms with E-state index in [9.17, 15) is 9.59 Å². The molecular weight excluding hydrogens is 392 g/mol. The lowest BCUT2D eigenvalue weighted by atomic mass is 10.1. The second-order valence-corrected chi connectivity index (χ2v) is 7.67. The molecule has 2 aromatic carbocycles. The van der Waals surface area contributed by atoms with Crippen LogP contribution in [0.15, 0.2) is 48.5 Å². The van der Waals surface area contributed by atoms with Crippen LogP contribution in [0, 0.1) is 6.92 Å². The molecule has 1 N–H and O–H groups in total. The zero-order valence-electron chi connectivity index (χ0n) is 19.2. The Labute approximate surface area is 185 Å². The number of para-hydroxylation sites is 1. The minimum absolute atomic E-state index is 0.0403. The highest BCUT2D eigenvalue weighted by molar-refractivity contribution is 5.88. The minimum Gasteiger partial charge on any atom is -0.497 e. The van der Waals surface area contributed by atoms with Crippen LogP contribution in [-0.2, 0) is 16.1 Å². The quantitative estimate of drug-likeness (QED) is 0.587. The maximum absolute atomic E-state index is 13.2. The van der Waals surface area contributed by atoms with E-state index in [1.165, 1.54) is 0 Å². The molecule has 2 atom stereocenters. The summed E-state index contributed by atoms with van der Waals surface area (Å²) in [6.45, 7) is 7.97. The molecule has 0 saturated carbocycles. The standard InChI is InChI=1S/C25H34N2O4/c1-6-19(4)26-25(29)22(7-2)27(16-20-12-10-13-21(15-20)30-5)24(28)17-31-23-14-9-8-11-18(23)3/h8-15,19,22H,6-7,16-17H2,1-5H3,(H,26,29). The van der Waals surface area contributed by atoms with E-state index in [0.29, 0.717) is 24.5 Å². The molecule has 0 bridgehead atoms. The minimum atomic E-state index is -0.590. The van der Waals surface area contributed by atoms with Gasteiger partial charge in [0.05, 0.1) is 7.11 Å². The Morgan fingerprint density at radius 1 is 1.06 bits per heavy atom. The lowest BCUT2D eigenvalue weighted by Crippen LogP contribution is -2.51. The van der Waals surface area contributed by atoms with Gasteiger partial charge in [0.2, 0.25) is 5.91 Å². The Morgan fingerprint density at radius 2 is 1.81 bits per heavy atom. The number of rotatable bonds is 11. The highest BCUT2D eigenvalue weighted by atomic mass is 16.5. The summed E-state index contributed by atoms with van der Waals surface area (Å²) in [5.41, 5.74) is 1.84. The second-order valence-electron chi connectivity index (χ2n) is 7.67. The molecular formula is C25H34N2O4. The first-order valence-electron chi connectivity index (χ1n) is 10.8. The number of amides is 2. The maximum Gasteiger partial charge on any atom is 0.261 e. The maximum atomic E-state index is 13.2. The summed E-state index contributed by atoms with van der Waals surface area (Å²) in [5, 5.41) is 3.01. The van der Waals surface area contributed by atoms with Crippen LogP contribution in [0.2, 0.25) is 0 Å². The van der Waals surface area contributed by atoms with Crippen molar-refractivity contribution in [3.05, 3.63) is 59.7 Å². The van der Waals surface area contributed by atoms with Crippen LogP contribution in [0.4, 0.5) is 0 Å². The number of nitrogens with one attached hydrogen (secondary N) is 1. The molecule has 6 heteroatoms. The first-order valence-corrected chi connectivity index (χ1v) is 10.8. The van der Waals surface area contributed by atoms with Crippen molar-refractivity contribution in [1.29, 1.82) is 0 Å². The molecule has 0 saturated heterocycles. The molecule has 6 nitrogen and oxygen atoms in total. The highest BCUT2D eigenvalue weighted by Gasteiger charge is 2.29. The van der Waals surface area contributed by atoms with Gasteiger partial charge in [0, 0.05) is 12.6 Å². The topological polar surface area (TPSA) is 67.9 Å². The number of carbonyl (C=O) groups excluding carboxylic acids is 2. The van der Waals surface area contributed by atoms with Crippen LogP contribution in [0.1, 0.15) is 44.7 Å². The second kappa shape index (κ2) is 12.0. The molecule has 2 amide bonds. The number of hydrogen-bond acceptors (Lipinski definition) is 4. The average Bonchev–Trinajstić information content (AvgIpc) is 2.78. The van der Waals surface area contributed by atoms with Gasteiger partial charge in [-0.3, -0.25) is 9.59 Å². The third kappa shape index (κ3) is 7.02. The van der Waals surface area contributed by atoms with Gasteiger partial charge in [-0.25, -0.2) is 0 Å². The third-order valence-corrected chi connectivity index (χ3v) is 5.32. The predicted octanol–water partition coefficient (Wildman–Crippen LogP) is 4.10. The van der Waals surface area contributed by atoms with Crippen molar-refractivity contribution in [1.82, 2.24) is 10.2 Å². The number of aryl methyl sites for hydroxylation is 1. The molecule has 31 heavy (non-hydrogen) atoms. The molecule has 0 heterocycles. The fourth-order valence-electron chi connectivity index (χ4n) is 3.27. The Kier molecular flexibility index (Phi) is 9.38. The van der Waals surface area contributed by atoms with Crippen molar-refractivity contribution >= 4 is 11.8 Å². The van der Waals surface area contributed by atoms with Crippen LogP contribution in [-0.4, -0.2) is 42.5 Å². The van der Waals surface area contributed by atoms with Crippen molar-refractivity contribution in [2.24, 2.45) is 0 Å². The van der Waals surface area contributed by atoms with E-state index in [-0.39, 0.29) is 24.5 Å². The van der Waals surface area contributed by atoms with Gasteiger partial charge < -0.3 is 19.7 Å². The van der Waals surface area contributed by atoms with Gasteiger partial charge in [-0.1, -0.05) is 44.2 Å². The van der Waals surface area contributed by atoms with Gasteiger partial charge in [0.1, 0.15) is 17.5 Å². The van der Waals surface area contributed by atoms with Gasteiger partial charge >= 0.3 is 0 Å². The zero-order valence-corrected chi connectivity index (χ0v) is 19.2. The molecule has 2 rings (SSSR count). The fraction of sp³-hybridized carbons (Fsp3) is 0.440. The van der Waals surface area contributed by atoms with Crippen LogP contribution in [0.5, 0.6) is 11.5 Å². The van der Waals surface area contributed by atoms with E-state index < -0.39 is 6.04 Å². The summed E-state index contributed by atoms with van der Waals surface area (Å²) >= 11 is 0. The van der Waals surface area contributed by atoms with Gasteiger partial charge in [0.25, 0.3) is 5.91 Å². The molecule has 2 unspecified atom stereocenters. The smallest absolute Gasteiger partial charge is 0.261 e. The van der Waals surface area contributed by atoms with Gasteiger partial charge in [-0.2, -0.15) is 0 Å². The molecule has 0 aliphatic carbocycles. The molecule has 0 radical (unpaired) electrons. The average molecular weight is 427 g/mol. The van der Waals surface area contributed by atoms with Gasteiger partial charge in [-0.05, 0) is 56.0 Å². The van der Waals surface area contributed by atoms with Crippen molar-refractivity contribution in [3.8, 4) is 11.5 Å². The Balaban J connectivity index is 2.25. The lowest BCUT2D eigenvalue weighted by Gasteiger charge is -2.31. The van der Waals surface area contributed by atoms with Crippen LogP contribution in [0.3, 0.4) is 0 Å². The number of nitrogens with zero attached hydrogens (tertiary/aromatic N) is 1. The molecule has 168 valence electrons. The number of carbonyl (C=O) groups is 2. The largest absolute Gasteiger partial charge is 0.497 e. The first kappa shape index (κ1) is 24.3. The zero-order chi connectivity index (χ0) is 22.8. The molecule has 0 aliphatic rings. The summed E-state index contributed by atoms with van der Waals surface area (Å²) in [7, 11) is 1.60. The van der Waals surface area contributed by atoms with Crippen molar-refractivity contribution in [2.45, 2.75) is 59.2 Å². The van der Waals surface area contributed by atoms with Gasteiger partial charge in [-0.15, -0.1) is 0 Å². The van der Waals surface area contributed by atoms with E-state index in [1.54, 1.807) is 12.0 Å². The summed E-state index contributed by atoms with van der Waals surface area (Å²) in [6.07, 6.45) is 1.32. The van der Waals surface area contributed by atoms with Crippen molar-refractivity contribution in [2.75, 3.05) is 13.7 Å². The number of hydrogen-bond donors (Lipinski definition) is 1. The summed E-state index contributed by atoms with van der Waals surface area (Å²) in [5.74, 6) is 0.980. The number of methoxy groups -OCH3 is 1. The highest BCUT2D eigenvalue weighted by Crippen LogP contribution is 2.19. The molecule has 2 aromatic rings. The summed E-state index contributed by atoms with van der Waals surface area (Å²) < 4.78 is 11.1. The molecule has 0 aliphatic heterocycles. The number of ether oxygens (including phenoxy) is 2. The SMILES string of the molecule is CCC(C)NC(=O)C(CC)N(Cc1cccc(OC)c1)C(=O)COc1ccccc1C. The Hall–Kier alpha value is -3.02. The summed E-state index contributed by atoms with van der Waals surface area (Å²) in [4.78, 5) is 27.8. The van der Waals surface area contributed by atoms with E-state index in [2.05, 4.69) is 5.32 Å². The van der Waals surface area contributed by atoms with Gasteiger partial charge in [0.15, 0.2) is 6.61 Å². The van der Waals surface area contributed by atoms with E-state index in [1.807, 2.05) is 76.2 Å². The molecule has 0 aromatic heterocycles. The van der Waals surface area contributed by atoms with E-state index in [0.717, 1.165) is 17.5 Å². The van der Waals surface area contributed by atoms with E-state index in [4.69, 9.17) is 9.47 Å². The third-order valence-electron chi connectivity index (χ3n) is 5.32. The lowest BCUT2D eigenvalue weighted by molar-refractivity contribution is -0.143. The fourth-order valence-corrected chi connectivity index (χ4v) is 3.27. The first-order chi connectivity index (χ1) is 14.9. The van der Waals surface area contributed by atoms with Crippen LogP contribution in [0.25, 0.3) is 0 Å². The summed E-state index contributed by atoms with van der Waals surface area (Å²) in [6, 6.07) is 14.5. The van der Waals surface area contributed by atoms with Crippen molar-refractivity contribution < 1.29 is 19.1 Å². The monoisotopic (exact) mass is 426 g/mol. The Morgan fingerprint density at radius 3 is 2.45 bits per heavy atom. The van der Waals surface area contributed by atoms with Crippen LogP contribution >= 0.6 is 0 Å². The van der Waals surface area contributed by atoms with Crippen molar-refractivity contribution in [3.63, 3.8) is 0 Å². The van der Waals surface area contributed by atoms with Crippen LogP contribution < -0.4 is 14.8 Å². The van der Waals surface area contributed by atoms with E-state index >= 15 is 0 Å². The normalized spacial score (nSPS) is 12.5. The predicted molar refractivity (Wildman–Crippen MR) is 122 cm³/mol. The molecule has 0 spiro atoms. The Bertz CT molecular complexity index is 868. The molecule has 0 fully saturated rings.